The van der Waals surface area contributed by atoms with Crippen LogP contribution in [-0.2, 0) is 0 Å². The van der Waals surface area contributed by atoms with Gasteiger partial charge in [-0.3, -0.25) is 8.78 Å². The van der Waals surface area contributed by atoms with Gasteiger partial charge in [0.1, 0.15) is 0 Å². The molecule has 1 nitrogen and oxygen atoms in total. The Labute approximate surface area is 73.7 Å². The summed E-state index contributed by atoms with van der Waals surface area (Å²) < 4.78 is 23.4. The molecule has 0 fully saturated rings. The van der Waals surface area contributed by atoms with Gasteiger partial charge in [0.25, 0.3) is 0 Å². The summed E-state index contributed by atoms with van der Waals surface area (Å²) in [5.74, 6) is 0. The molecule has 12 heavy (non-hydrogen) atoms. The molecule has 0 aliphatic rings. The summed E-state index contributed by atoms with van der Waals surface area (Å²) in [4.78, 5) is 2.13. The number of nitrogens with zero attached hydrogens (tertiary/aromatic N) is 1. The zero-order valence-electron chi connectivity index (χ0n) is 7.86. The van der Waals surface area contributed by atoms with Crippen LogP contribution in [0.5, 0.6) is 0 Å². The van der Waals surface area contributed by atoms with Crippen molar-refractivity contribution in [3.63, 3.8) is 0 Å². The van der Waals surface area contributed by atoms with Crippen LogP contribution in [-0.4, -0.2) is 38.4 Å². The van der Waals surface area contributed by atoms with E-state index in [9.17, 15) is 8.78 Å². The quantitative estimate of drug-likeness (QED) is 0.517. The van der Waals surface area contributed by atoms with Crippen molar-refractivity contribution in [3.8, 4) is 0 Å². The Hall–Kier alpha value is -0.180. The molecule has 0 radical (unpaired) electrons. The third-order valence-electron chi connectivity index (χ3n) is 1.85. The monoisotopic (exact) mass is 179 g/mol. The lowest BCUT2D eigenvalue weighted by atomic mass is 10.3. The number of rotatable bonds is 8. The zero-order chi connectivity index (χ0) is 9.23. The predicted octanol–water partition coefficient (Wildman–Crippen LogP) is 2.42. The Morgan fingerprint density at radius 1 is 0.833 bits per heavy atom. The first-order chi connectivity index (χ1) is 5.81. The van der Waals surface area contributed by atoms with E-state index in [1.54, 1.807) is 0 Å². The van der Waals surface area contributed by atoms with Gasteiger partial charge in [-0.25, -0.2) is 0 Å². The summed E-state index contributed by atoms with van der Waals surface area (Å²) in [5, 5.41) is 0. The van der Waals surface area contributed by atoms with Gasteiger partial charge in [0.05, 0.1) is 13.3 Å². The normalized spacial score (nSPS) is 11.0. The maximum Gasteiger partial charge on any atom is 0.0894 e. The highest BCUT2D eigenvalue weighted by molar-refractivity contribution is 4.51. The molecule has 0 aliphatic carbocycles. The van der Waals surface area contributed by atoms with Gasteiger partial charge in [0.15, 0.2) is 0 Å². The third-order valence-corrected chi connectivity index (χ3v) is 1.85. The standard InChI is InChI=1S/C9H19F2N/c1-12(8-4-2-6-10)9-5-3-7-11/h2-9H2,1H3. The van der Waals surface area contributed by atoms with E-state index >= 15 is 0 Å². The second kappa shape index (κ2) is 8.91. The average molecular weight is 179 g/mol. The van der Waals surface area contributed by atoms with Crippen LogP contribution in [0.1, 0.15) is 25.7 Å². The van der Waals surface area contributed by atoms with Crippen LogP contribution >= 0.6 is 0 Å². The van der Waals surface area contributed by atoms with E-state index in [0.29, 0.717) is 12.8 Å². The average Bonchev–Trinajstić information content (AvgIpc) is 2.06. The molecule has 0 aromatic rings. The molecule has 0 saturated heterocycles. The largest absolute Gasteiger partial charge is 0.306 e. The maximum absolute atomic E-state index is 11.7. The molecule has 0 amide bonds. The first-order valence-electron chi connectivity index (χ1n) is 4.61. The van der Waals surface area contributed by atoms with E-state index < -0.39 is 0 Å². The molecule has 0 aliphatic heterocycles. The molecule has 0 rings (SSSR count). The van der Waals surface area contributed by atoms with Gasteiger partial charge in [-0.15, -0.1) is 0 Å². The maximum atomic E-state index is 11.7. The van der Waals surface area contributed by atoms with Gasteiger partial charge in [-0.05, 0) is 45.8 Å². The second-order valence-corrected chi connectivity index (χ2v) is 3.10. The van der Waals surface area contributed by atoms with Crippen molar-refractivity contribution in [1.29, 1.82) is 0 Å². The fraction of sp³-hybridized carbons (Fsp3) is 1.00. The number of hydrogen-bond acceptors (Lipinski definition) is 1. The first kappa shape index (κ1) is 11.8. The van der Waals surface area contributed by atoms with E-state index in [1.807, 2.05) is 7.05 Å². The summed E-state index contributed by atoms with van der Waals surface area (Å²) in [7, 11) is 2.00. The van der Waals surface area contributed by atoms with Crippen molar-refractivity contribution in [1.82, 2.24) is 4.90 Å². The van der Waals surface area contributed by atoms with Crippen molar-refractivity contribution in [2.24, 2.45) is 0 Å². The minimum atomic E-state index is -0.224. The topological polar surface area (TPSA) is 3.24 Å². The van der Waals surface area contributed by atoms with Crippen molar-refractivity contribution >= 4 is 0 Å². The smallest absolute Gasteiger partial charge is 0.0894 e. The van der Waals surface area contributed by atoms with Crippen LogP contribution in [0.25, 0.3) is 0 Å². The lowest BCUT2D eigenvalue weighted by Gasteiger charge is -2.15. The molecular weight excluding hydrogens is 160 g/mol. The number of halogens is 2. The van der Waals surface area contributed by atoms with Gasteiger partial charge >= 0.3 is 0 Å². The Morgan fingerprint density at radius 3 is 1.58 bits per heavy atom. The van der Waals surface area contributed by atoms with E-state index in [0.717, 1.165) is 25.9 Å². The van der Waals surface area contributed by atoms with E-state index in [4.69, 9.17) is 0 Å². The molecule has 0 atom stereocenters. The molecule has 0 bridgehead atoms. The Morgan fingerprint density at radius 2 is 1.25 bits per heavy atom. The molecule has 0 unspecified atom stereocenters. The molecule has 0 N–H and O–H groups in total. The molecule has 3 heteroatoms. The first-order valence-corrected chi connectivity index (χ1v) is 4.61. The minimum Gasteiger partial charge on any atom is -0.306 e. The summed E-state index contributed by atoms with van der Waals surface area (Å²) >= 11 is 0. The lowest BCUT2D eigenvalue weighted by Crippen LogP contribution is -2.21. The van der Waals surface area contributed by atoms with Gasteiger partial charge < -0.3 is 4.90 Å². The van der Waals surface area contributed by atoms with Crippen molar-refractivity contribution in [3.05, 3.63) is 0 Å². The fourth-order valence-corrected chi connectivity index (χ4v) is 1.06. The van der Waals surface area contributed by atoms with E-state index in [-0.39, 0.29) is 13.3 Å². The Bertz CT molecular complexity index is 78.6. The Kier molecular flexibility index (Phi) is 8.78. The fourth-order valence-electron chi connectivity index (χ4n) is 1.06. The molecule has 0 heterocycles. The van der Waals surface area contributed by atoms with Crippen molar-refractivity contribution in [2.75, 3.05) is 33.5 Å². The van der Waals surface area contributed by atoms with Gasteiger partial charge in [-0.2, -0.15) is 0 Å². The van der Waals surface area contributed by atoms with Crippen molar-refractivity contribution < 1.29 is 8.78 Å². The molecule has 0 saturated carbocycles. The highest BCUT2D eigenvalue weighted by atomic mass is 19.1. The van der Waals surface area contributed by atoms with Gasteiger partial charge in [-0.1, -0.05) is 0 Å². The highest BCUT2D eigenvalue weighted by Crippen LogP contribution is 1.97. The molecular formula is C9H19F2N. The van der Waals surface area contributed by atoms with Gasteiger partial charge in [0.2, 0.25) is 0 Å². The predicted molar refractivity (Wildman–Crippen MR) is 47.9 cm³/mol. The molecule has 0 spiro atoms. The number of alkyl halides is 2. The minimum absolute atomic E-state index is 0.224. The summed E-state index contributed by atoms with van der Waals surface area (Å²) in [6, 6.07) is 0. The van der Waals surface area contributed by atoms with Crippen LogP contribution in [0.3, 0.4) is 0 Å². The van der Waals surface area contributed by atoms with Crippen LogP contribution < -0.4 is 0 Å². The zero-order valence-corrected chi connectivity index (χ0v) is 7.86. The van der Waals surface area contributed by atoms with Crippen LogP contribution in [0.2, 0.25) is 0 Å². The highest BCUT2D eigenvalue weighted by Gasteiger charge is 1.97. The van der Waals surface area contributed by atoms with Crippen LogP contribution in [0, 0.1) is 0 Å². The van der Waals surface area contributed by atoms with E-state index in [1.165, 1.54) is 0 Å². The second-order valence-electron chi connectivity index (χ2n) is 3.10. The van der Waals surface area contributed by atoms with Crippen LogP contribution in [0.4, 0.5) is 8.78 Å². The number of unbranched alkanes of at least 4 members (excludes halogenated alkanes) is 2. The van der Waals surface area contributed by atoms with E-state index in [2.05, 4.69) is 4.90 Å². The number of hydrogen-bond donors (Lipinski definition) is 0. The van der Waals surface area contributed by atoms with Gasteiger partial charge in [0, 0.05) is 0 Å². The Balaban J connectivity index is 3.04. The van der Waals surface area contributed by atoms with Crippen molar-refractivity contribution in [2.45, 2.75) is 25.7 Å². The molecule has 0 aromatic heterocycles. The molecule has 74 valence electrons. The summed E-state index contributed by atoms with van der Waals surface area (Å²) in [5.41, 5.74) is 0. The summed E-state index contributed by atoms with van der Waals surface area (Å²) in [6.45, 7) is 1.41. The molecule has 0 aromatic carbocycles. The lowest BCUT2D eigenvalue weighted by molar-refractivity contribution is 0.303. The SMILES string of the molecule is CN(CCCCF)CCCCF. The van der Waals surface area contributed by atoms with Crippen LogP contribution in [0.15, 0.2) is 0 Å². The third kappa shape index (κ3) is 7.92. The summed E-state index contributed by atoms with van der Waals surface area (Å²) in [6.07, 6.45) is 3.10.